The van der Waals surface area contributed by atoms with Crippen LogP contribution in [0.5, 0.6) is 5.75 Å². The molecule has 0 aliphatic rings. The van der Waals surface area contributed by atoms with Crippen molar-refractivity contribution in [3.8, 4) is 5.75 Å². The second-order valence-corrected chi connectivity index (χ2v) is 6.56. The number of amides is 1. The number of alkyl halides is 3. The van der Waals surface area contributed by atoms with E-state index in [1.807, 2.05) is 0 Å². The van der Waals surface area contributed by atoms with Crippen LogP contribution in [0.3, 0.4) is 0 Å². The monoisotopic (exact) mass is 467 g/mol. The molecule has 2 rings (SSSR count). The average molecular weight is 469 g/mol. The summed E-state index contributed by atoms with van der Waals surface area (Å²) in [5, 5.41) is 12.9. The van der Waals surface area contributed by atoms with E-state index < -0.39 is 29.3 Å². The van der Waals surface area contributed by atoms with Crippen LogP contribution in [-0.4, -0.2) is 18.9 Å². The van der Waals surface area contributed by atoms with Gasteiger partial charge in [-0.15, -0.1) is 0 Å². The third-order valence-electron chi connectivity index (χ3n) is 3.39. The first-order chi connectivity index (χ1) is 13.6. The van der Waals surface area contributed by atoms with E-state index in [0.717, 1.165) is 17.4 Å². The van der Waals surface area contributed by atoms with Crippen molar-refractivity contribution in [2.75, 3.05) is 16.9 Å². The lowest BCUT2D eigenvalue weighted by Crippen LogP contribution is -2.21. The first-order valence-corrected chi connectivity index (χ1v) is 8.66. The van der Waals surface area contributed by atoms with Gasteiger partial charge in [0.15, 0.2) is 6.61 Å². The summed E-state index contributed by atoms with van der Waals surface area (Å²) in [7, 11) is 0. The highest BCUT2D eigenvalue weighted by Gasteiger charge is 2.33. The van der Waals surface area contributed by atoms with Gasteiger partial charge in [-0.05, 0) is 24.3 Å². The number of hydrogen-bond acceptors (Lipinski definition) is 5. The van der Waals surface area contributed by atoms with Crippen LogP contribution in [0.2, 0.25) is 15.1 Å². The lowest BCUT2D eigenvalue weighted by molar-refractivity contribution is -0.137. The van der Waals surface area contributed by atoms with Crippen molar-refractivity contribution >= 4 is 58.4 Å². The van der Waals surface area contributed by atoms with Crippen LogP contribution in [0.1, 0.15) is 5.56 Å². The topological polar surface area (TPSA) is 102 Å². The predicted molar refractivity (Wildman–Crippen MR) is 103 cm³/mol. The van der Waals surface area contributed by atoms with Crippen LogP contribution in [0.4, 0.5) is 24.5 Å². The van der Waals surface area contributed by atoms with Gasteiger partial charge in [0, 0.05) is 11.8 Å². The Morgan fingerprint density at radius 2 is 1.86 bits per heavy atom. The van der Waals surface area contributed by atoms with Crippen LogP contribution in [0.25, 0.3) is 0 Å². The van der Waals surface area contributed by atoms with Crippen LogP contribution in [0, 0.1) is 10.9 Å². The van der Waals surface area contributed by atoms with Gasteiger partial charge in [-0.2, -0.15) is 18.7 Å². The Bertz CT molecular complexity index is 948. The van der Waals surface area contributed by atoms with Gasteiger partial charge < -0.3 is 10.1 Å². The molecule has 0 saturated heterocycles. The number of ether oxygens (including phenoxy) is 1. The Morgan fingerprint density at radius 3 is 2.45 bits per heavy atom. The van der Waals surface area contributed by atoms with Gasteiger partial charge >= 0.3 is 6.18 Å². The highest BCUT2D eigenvalue weighted by atomic mass is 35.5. The normalized spacial score (nSPS) is 11.0. The van der Waals surface area contributed by atoms with E-state index in [0.29, 0.717) is 6.07 Å². The minimum Gasteiger partial charge on any atom is -0.482 e. The van der Waals surface area contributed by atoms with Crippen molar-refractivity contribution in [3.05, 3.63) is 51.0 Å². The Labute approximate surface area is 177 Å². The van der Waals surface area contributed by atoms with Gasteiger partial charge in [0.1, 0.15) is 12.1 Å². The Balaban J connectivity index is 2.13. The number of nitrogens with one attached hydrogen (secondary N) is 3. The largest absolute Gasteiger partial charge is 0.482 e. The Morgan fingerprint density at radius 1 is 1.17 bits per heavy atom. The molecule has 1 amide bonds. The number of carbonyl (C=O) groups is 1. The summed E-state index contributed by atoms with van der Waals surface area (Å²) in [6.07, 6.45) is -3.96. The summed E-state index contributed by atoms with van der Waals surface area (Å²) in [6.45, 7) is -0.590. The molecule has 29 heavy (non-hydrogen) atoms. The first kappa shape index (κ1) is 22.7. The fourth-order valence-corrected chi connectivity index (χ4v) is 2.87. The van der Waals surface area contributed by atoms with Crippen LogP contribution in [-0.2, 0) is 11.0 Å². The number of carbonyl (C=O) groups excluding carboxylic acids is 1. The highest BCUT2D eigenvalue weighted by Crippen LogP contribution is 2.37. The van der Waals surface area contributed by atoms with E-state index in [4.69, 9.17) is 50.5 Å². The molecule has 0 bridgehead atoms. The standard InChI is InChI=1S/C16H11Cl3F3N5O2/c17-10-2-1-8(3-9(10)16(20,21)22)25-15(28)6-29-14-5-13(27(7-23)26-24)11(18)4-12(14)19/h1-5,7,23-24H,6H2,(H,25,28). The van der Waals surface area contributed by atoms with Crippen LogP contribution >= 0.6 is 34.8 Å². The van der Waals surface area contributed by atoms with Crippen molar-refractivity contribution in [3.63, 3.8) is 0 Å². The van der Waals surface area contributed by atoms with Gasteiger partial charge in [-0.25, -0.2) is 5.01 Å². The van der Waals surface area contributed by atoms with E-state index in [1.165, 1.54) is 18.2 Å². The minimum absolute atomic E-state index is 0.0104. The number of anilines is 2. The molecule has 7 nitrogen and oxygen atoms in total. The molecule has 3 N–H and O–H groups in total. The third-order valence-corrected chi connectivity index (χ3v) is 4.32. The third kappa shape index (κ3) is 5.72. The van der Waals surface area contributed by atoms with Gasteiger partial charge in [0.2, 0.25) is 0 Å². The number of halogens is 6. The van der Waals surface area contributed by atoms with Gasteiger partial charge in [-0.1, -0.05) is 40.0 Å². The minimum atomic E-state index is -4.68. The second-order valence-electron chi connectivity index (χ2n) is 5.34. The molecule has 0 spiro atoms. The van der Waals surface area contributed by atoms with Gasteiger partial charge in [0.25, 0.3) is 5.91 Å². The summed E-state index contributed by atoms with van der Waals surface area (Å²) >= 11 is 17.5. The maximum absolute atomic E-state index is 12.9. The van der Waals surface area contributed by atoms with Crippen LogP contribution in [0.15, 0.2) is 35.6 Å². The predicted octanol–water partition coefficient (Wildman–Crippen LogP) is 6.04. The van der Waals surface area contributed by atoms with Crippen LogP contribution < -0.4 is 15.1 Å². The SMILES string of the molecule is N=CN(N=N)c1cc(OCC(=O)Nc2ccc(Cl)c(C(F)(F)F)c2)c(Cl)cc1Cl. The summed E-state index contributed by atoms with van der Waals surface area (Å²) in [4.78, 5) is 12.0. The fraction of sp³-hybridized carbons (Fsp3) is 0.125. The van der Waals surface area contributed by atoms with Gasteiger partial charge in [-0.3, -0.25) is 10.2 Å². The fourth-order valence-electron chi connectivity index (χ4n) is 2.12. The molecule has 0 heterocycles. The molecular formula is C16H11Cl3F3N5O2. The highest BCUT2D eigenvalue weighted by molar-refractivity contribution is 6.37. The molecule has 0 aliphatic heterocycles. The quantitative estimate of drug-likeness (QED) is 0.200. The van der Waals surface area contributed by atoms with E-state index in [2.05, 4.69) is 10.5 Å². The molecule has 0 atom stereocenters. The molecule has 13 heteroatoms. The molecule has 0 unspecified atom stereocenters. The zero-order chi connectivity index (χ0) is 21.8. The van der Waals surface area contributed by atoms with Crippen molar-refractivity contribution in [1.29, 1.82) is 10.9 Å². The molecule has 2 aromatic carbocycles. The zero-order valence-electron chi connectivity index (χ0n) is 14.1. The maximum Gasteiger partial charge on any atom is 0.417 e. The second kappa shape index (κ2) is 9.29. The molecule has 0 saturated carbocycles. The summed E-state index contributed by atoms with van der Waals surface area (Å²) in [6, 6.07) is 5.44. The van der Waals surface area contributed by atoms with E-state index >= 15 is 0 Å². The molecular weight excluding hydrogens is 458 g/mol. The lowest BCUT2D eigenvalue weighted by Gasteiger charge is -2.16. The Kier molecular flexibility index (Phi) is 7.28. The Hall–Kier alpha value is -2.56. The molecule has 0 aliphatic carbocycles. The molecule has 0 fully saturated rings. The van der Waals surface area contributed by atoms with E-state index in [9.17, 15) is 18.0 Å². The zero-order valence-corrected chi connectivity index (χ0v) is 16.4. The van der Waals surface area contributed by atoms with Crippen molar-refractivity contribution < 1.29 is 22.7 Å². The number of hydrogen-bond donors (Lipinski definition) is 3. The summed E-state index contributed by atoms with van der Waals surface area (Å²) < 4.78 is 43.9. The van der Waals surface area contributed by atoms with E-state index in [1.54, 1.807) is 0 Å². The molecule has 0 aromatic heterocycles. The number of rotatable bonds is 7. The van der Waals surface area contributed by atoms with Gasteiger partial charge in [0.05, 0.1) is 26.3 Å². The average Bonchev–Trinajstić information content (AvgIpc) is 2.64. The molecule has 2 aromatic rings. The summed E-state index contributed by atoms with van der Waals surface area (Å²) in [5.74, 6) is -0.772. The van der Waals surface area contributed by atoms with Crippen molar-refractivity contribution in [1.82, 2.24) is 0 Å². The van der Waals surface area contributed by atoms with E-state index in [-0.39, 0.29) is 27.2 Å². The smallest absolute Gasteiger partial charge is 0.417 e. The summed E-state index contributed by atoms with van der Waals surface area (Å²) in [5.41, 5.74) is 5.89. The number of benzene rings is 2. The molecule has 0 radical (unpaired) electrons. The van der Waals surface area contributed by atoms with Crippen molar-refractivity contribution in [2.24, 2.45) is 5.22 Å². The molecule has 154 valence electrons. The lowest BCUT2D eigenvalue weighted by atomic mass is 10.2. The van der Waals surface area contributed by atoms with Crippen molar-refractivity contribution in [2.45, 2.75) is 6.18 Å². The first-order valence-electron chi connectivity index (χ1n) is 7.52. The number of nitrogens with zero attached hydrogens (tertiary/aromatic N) is 2. The maximum atomic E-state index is 12.9.